The number of hydrogen-bond acceptors (Lipinski definition) is 3. The molecule has 1 aliphatic rings. The van der Waals surface area contributed by atoms with Gasteiger partial charge in [0.05, 0.1) is 5.56 Å². The van der Waals surface area contributed by atoms with Crippen LogP contribution in [0.25, 0.3) is 10.9 Å². The Morgan fingerprint density at radius 2 is 1.71 bits per heavy atom. The largest absolute Gasteiger partial charge is 0.452 e. The highest BCUT2D eigenvalue weighted by molar-refractivity contribution is 6.04. The maximum absolute atomic E-state index is 12.4. The maximum Gasteiger partial charge on any atom is 0.340 e. The predicted molar refractivity (Wildman–Crippen MR) is 108 cm³/mol. The monoisotopic (exact) mass is 376 g/mol. The van der Waals surface area contributed by atoms with Crippen LogP contribution < -0.4 is 0 Å². The summed E-state index contributed by atoms with van der Waals surface area (Å²) in [4.78, 5) is 29.6. The Kier molecular flexibility index (Phi) is 5.42. The van der Waals surface area contributed by atoms with Crippen LogP contribution in [0.1, 0.15) is 28.8 Å². The number of hydrogen-bond donors (Lipinski definition) is 1. The highest BCUT2D eigenvalue weighted by Gasteiger charge is 2.24. The second-order valence-electron chi connectivity index (χ2n) is 7.34. The first-order chi connectivity index (χ1) is 13.7. The first-order valence-corrected chi connectivity index (χ1v) is 9.75. The van der Waals surface area contributed by atoms with Gasteiger partial charge in [-0.3, -0.25) is 4.79 Å². The topological polar surface area (TPSA) is 62.4 Å². The molecule has 0 saturated carbocycles. The molecule has 4 rings (SSSR count). The van der Waals surface area contributed by atoms with E-state index in [1.54, 1.807) is 6.20 Å². The Hall–Kier alpha value is -3.08. The number of aromatic nitrogens is 1. The number of esters is 1. The van der Waals surface area contributed by atoms with E-state index in [2.05, 4.69) is 29.2 Å². The maximum atomic E-state index is 12.4. The summed E-state index contributed by atoms with van der Waals surface area (Å²) in [5.41, 5.74) is 2.69. The van der Waals surface area contributed by atoms with Crippen molar-refractivity contribution in [3.63, 3.8) is 0 Å². The zero-order valence-corrected chi connectivity index (χ0v) is 15.8. The van der Waals surface area contributed by atoms with Crippen molar-refractivity contribution in [1.82, 2.24) is 9.88 Å². The minimum absolute atomic E-state index is 0.119. The highest BCUT2D eigenvalue weighted by atomic mass is 16.5. The van der Waals surface area contributed by atoms with E-state index in [0.717, 1.165) is 43.3 Å². The number of ether oxygens (including phenoxy) is 1. The summed E-state index contributed by atoms with van der Waals surface area (Å²) < 4.78 is 5.28. The predicted octanol–water partition coefficient (Wildman–Crippen LogP) is 3.81. The van der Waals surface area contributed by atoms with E-state index >= 15 is 0 Å². The first-order valence-electron chi connectivity index (χ1n) is 9.75. The third-order valence-electron chi connectivity index (χ3n) is 5.47. The Morgan fingerprint density at radius 3 is 2.50 bits per heavy atom. The van der Waals surface area contributed by atoms with Gasteiger partial charge >= 0.3 is 5.97 Å². The number of nitrogens with one attached hydrogen (secondary N) is 1. The van der Waals surface area contributed by atoms with Crippen molar-refractivity contribution in [2.75, 3.05) is 19.7 Å². The molecule has 1 amide bonds. The van der Waals surface area contributed by atoms with Crippen LogP contribution in [0.15, 0.2) is 60.8 Å². The van der Waals surface area contributed by atoms with Gasteiger partial charge < -0.3 is 14.6 Å². The molecule has 1 saturated heterocycles. The molecule has 0 radical (unpaired) electrons. The molecule has 1 fully saturated rings. The molecular formula is C23H24N2O3. The molecular weight excluding hydrogens is 352 g/mol. The van der Waals surface area contributed by atoms with Crippen molar-refractivity contribution < 1.29 is 14.3 Å². The van der Waals surface area contributed by atoms with E-state index in [0.29, 0.717) is 11.5 Å². The second-order valence-corrected chi connectivity index (χ2v) is 7.34. The van der Waals surface area contributed by atoms with Gasteiger partial charge in [-0.25, -0.2) is 4.79 Å². The van der Waals surface area contributed by atoms with Crippen molar-refractivity contribution in [2.24, 2.45) is 5.92 Å². The van der Waals surface area contributed by atoms with Crippen LogP contribution in [0, 0.1) is 5.92 Å². The number of piperidine rings is 1. The smallest absolute Gasteiger partial charge is 0.340 e. The van der Waals surface area contributed by atoms with Crippen molar-refractivity contribution >= 4 is 22.8 Å². The van der Waals surface area contributed by atoms with Crippen molar-refractivity contribution in [1.29, 1.82) is 0 Å². The summed E-state index contributed by atoms with van der Waals surface area (Å²) in [7, 11) is 0. The highest BCUT2D eigenvalue weighted by Crippen LogP contribution is 2.22. The number of aromatic amines is 1. The van der Waals surface area contributed by atoms with E-state index in [1.807, 2.05) is 35.2 Å². The molecule has 0 aliphatic carbocycles. The molecule has 3 aromatic rings. The average molecular weight is 376 g/mol. The number of likely N-dealkylation sites (tertiary alicyclic amines) is 1. The fourth-order valence-corrected chi connectivity index (χ4v) is 3.87. The molecule has 2 heterocycles. The van der Waals surface area contributed by atoms with Crippen LogP contribution in [-0.4, -0.2) is 41.5 Å². The van der Waals surface area contributed by atoms with Gasteiger partial charge in [0, 0.05) is 30.2 Å². The molecule has 28 heavy (non-hydrogen) atoms. The third-order valence-corrected chi connectivity index (χ3v) is 5.47. The standard InChI is InChI=1S/C23H24N2O3/c26-22(16-28-23(27)20-15-24-21-9-5-4-8-19(20)21)25-12-10-18(11-13-25)14-17-6-2-1-3-7-17/h1-9,15,18,24H,10-14,16H2. The Morgan fingerprint density at radius 1 is 1.00 bits per heavy atom. The van der Waals surface area contributed by atoms with E-state index in [-0.39, 0.29) is 12.5 Å². The number of amides is 1. The van der Waals surface area contributed by atoms with E-state index < -0.39 is 5.97 Å². The minimum atomic E-state index is -0.468. The first kappa shape index (κ1) is 18.3. The number of H-pyrrole nitrogens is 1. The molecule has 0 bridgehead atoms. The van der Waals surface area contributed by atoms with Gasteiger partial charge in [-0.1, -0.05) is 48.5 Å². The fourth-order valence-electron chi connectivity index (χ4n) is 3.87. The number of fused-ring (bicyclic) bond motifs is 1. The molecule has 1 aromatic heterocycles. The summed E-state index contributed by atoms with van der Waals surface area (Å²) in [6.45, 7) is 1.24. The number of rotatable bonds is 5. The van der Waals surface area contributed by atoms with Gasteiger partial charge in [0.15, 0.2) is 6.61 Å². The van der Waals surface area contributed by atoms with Gasteiger partial charge in [0.2, 0.25) is 0 Å². The Labute approximate surface area is 164 Å². The summed E-state index contributed by atoms with van der Waals surface area (Å²) in [5.74, 6) is 0.0105. The molecule has 0 spiro atoms. The van der Waals surface area contributed by atoms with E-state index in [4.69, 9.17) is 4.74 Å². The zero-order valence-electron chi connectivity index (χ0n) is 15.8. The molecule has 144 valence electrons. The zero-order chi connectivity index (χ0) is 19.3. The molecule has 1 N–H and O–H groups in total. The average Bonchev–Trinajstić information content (AvgIpc) is 3.17. The van der Waals surface area contributed by atoms with Gasteiger partial charge in [0.1, 0.15) is 0 Å². The summed E-state index contributed by atoms with van der Waals surface area (Å²) >= 11 is 0. The van der Waals surface area contributed by atoms with Crippen molar-refractivity contribution in [2.45, 2.75) is 19.3 Å². The second kappa shape index (κ2) is 8.30. The number of para-hydroxylation sites is 1. The molecule has 2 aromatic carbocycles. The van der Waals surface area contributed by atoms with Gasteiger partial charge in [-0.2, -0.15) is 0 Å². The van der Waals surface area contributed by atoms with Crippen molar-refractivity contribution in [3.8, 4) is 0 Å². The summed E-state index contributed by atoms with van der Waals surface area (Å²) in [6, 6.07) is 18.0. The minimum Gasteiger partial charge on any atom is -0.452 e. The molecule has 0 unspecified atom stereocenters. The number of carbonyl (C=O) groups is 2. The normalized spacial score (nSPS) is 14.9. The Bertz CT molecular complexity index is 956. The molecule has 1 aliphatic heterocycles. The lowest BCUT2D eigenvalue weighted by molar-refractivity contribution is -0.135. The third kappa shape index (κ3) is 4.09. The molecule has 0 atom stereocenters. The van der Waals surface area contributed by atoms with Crippen LogP contribution in [-0.2, 0) is 16.0 Å². The van der Waals surface area contributed by atoms with Crippen LogP contribution in [0.3, 0.4) is 0 Å². The van der Waals surface area contributed by atoms with E-state index in [9.17, 15) is 9.59 Å². The summed E-state index contributed by atoms with van der Waals surface area (Å²) in [5, 5.41) is 0.807. The number of carbonyl (C=O) groups excluding carboxylic acids is 2. The number of nitrogens with zero attached hydrogens (tertiary/aromatic N) is 1. The van der Waals surface area contributed by atoms with Crippen molar-refractivity contribution in [3.05, 3.63) is 71.9 Å². The molecule has 5 nitrogen and oxygen atoms in total. The quantitative estimate of drug-likeness (QED) is 0.689. The summed E-state index contributed by atoms with van der Waals surface area (Å²) in [6.07, 6.45) is 4.65. The van der Waals surface area contributed by atoms with Crippen LogP contribution in [0.4, 0.5) is 0 Å². The van der Waals surface area contributed by atoms with E-state index in [1.165, 1.54) is 5.56 Å². The number of benzene rings is 2. The van der Waals surface area contributed by atoms with Gasteiger partial charge in [-0.05, 0) is 36.8 Å². The lowest BCUT2D eigenvalue weighted by atomic mass is 9.90. The fraction of sp³-hybridized carbons (Fsp3) is 0.304. The lowest BCUT2D eigenvalue weighted by Gasteiger charge is -2.32. The van der Waals surface area contributed by atoms with Crippen LogP contribution >= 0.6 is 0 Å². The van der Waals surface area contributed by atoms with Gasteiger partial charge in [0.25, 0.3) is 5.91 Å². The molecule has 5 heteroatoms. The van der Waals surface area contributed by atoms with Gasteiger partial charge in [-0.15, -0.1) is 0 Å². The lowest BCUT2D eigenvalue weighted by Crippen LogP contribution is -2.41. The Balaban J connectivity index is 1.26. The van der Waals surface area contributed by atoms with Crippen LogP contribution in [0.5, 0.6) is 0 Å². The van der Waals surface area contributed by atoms with Crippen LogP contribution in [0.2, 0.25) is 0 Å². The SMILES string of the molecule is O=C(OCC(=O)N1CCC(Cc2ccccc2)CC1)c1c[nH]c2ccccc12.